The fourth-order valence-electron chi connectivity index (χ4n) is 2.99. The van der Waals surface area contributed by atoms with E-state index in [2.05, 4.69) is 0 Å². The summed E-state index contributed by atoms with van der Waals surface area (Å²) in [7, 11) is 0. The maximum absolute atomic E-state index is 11.4. The van der Waals surface area contributed by atoms with Crippen LogP contribution in [0, 0.1) is 11.3 Å². The maximum Gasteiger partial charge on any atom is 0.236 e. The van der Waals surface area contributed by atoms with Crippen LogP contribution in [-0.2, 0) is 4.79 Å². The molecule has 0 unspecified atom stereocenters. The molecule has 4 nitrogen and oxygen atoms in total. The molecule has 4 heteroatoms. The first-order valence-electron chi connectivity index (χ1n) is 5.30. The molecule has 1 heterocycles. The Morgan fingerprint density at radius 3 is 3.00 bits per heavy atom. The minimum absolute atomic E-state index is 0.00479. The van der Waals surface area contributed by atoms with Gasteiger partial charge in [0.1, 0.15) is 0 Å². The van der Waals surface area contributed by atoms with Gasteiger partial charge in [0.05, 0.1) is 13.2 Å². The first-order valence-corrected chi connectivity index (χ1v) is 5.30. The number of carbonyl (C=O) groups is 1. The van der Waals surface area contributed by atoms with E-state index in [0.29, 0.717) is 12.5 Å². The molecule has 2 atom stereocenters. The van der Waals surface area contributed by atoms with Crippen molar-refractivity contribution in [3.63, 3.8) is 0 Å². The van der Waals surface area contributed by atoms with Crippen LogP contribution in [0.4, 0.5) is 0 Å². The molecule has 2 aliphatic rings. The molecule has 2 rings (SSSR count). The van der Waals surface area contributed by atoms with E-state index in [1.54, 1.807) is 0 Å². The van der Waals surface area contributed by atoms with E-state index in [-0.39, 0.29) is 24.5 Å². The fourth-order valence-corrected chi connectivity index (χ4v) is 2.99. The maximum atomic E-state index is 11.4. The Morgan fingerprint density at radius 1 is 1.64 bits per heavy atom. The number of amides is 1. The van der Waals surface area contributed by atoms with E-state index >= 15 is 0 Å². The van der Waals surface area contributed by atoms with Crippen LogP contribution in [0.5, 0.6) is 0 Å². The van der Waals surface area contributed by atoms with E-state index in [1.165, 1.54) is 6.42 Å². The third kappa shape index (κ3) is 1.33. The van der Waals surface area contributed by atoms with Crippen molar-refractivity contribution in [2.75, 3.05) is 26.2 Å². The van der Waals surface area contributed by atoms with Crippen molar-refractivity contribution in [2.24, 2.45) is 17.1 Å². The van der Waals surface area contributed by atoms with Crippen LogP contribution in [0.3, 0.4) is 0 Å². The second-order valence-corrected chi connectivity index (χ2v) is 4.59. The second kappa shape index (κ2) is 3.51. The topological polar surface area (TPSA) is 66.6 Å². The lowest BCUT2D eigenvalue weighted by atomic mass is 9.82. The van der Waals surface area contributed by atoms with E-state index in [0.717, 1.165) is 19.4 Å². The average molecular weight is 198 g/mol. The summed E-state index contributed by atoms with van der Waals surface area (Å²) < 4.78 is 0. The summed E-state index contributed by atoms with van der Waals surface area (Å²) in [6, 6.07) is 0. The summed E-state index contributed by atoms with van der Waals surface area (Å²) in [5.74, 6) is 0.523. The number of aliphatic hydroxyl groups excluding tert-OH is 1. The van der Waals surface area contributed by atoms with Crippen molar-refractivity contribution < 1.29 is 9.90 Å². The van der Waals surface area contributed by atoms with Crippen LogP contribution in [0.15, 0.2) is 0 Å². The summed E-state index contributed by atoms with van der Waals surface area (Å²) in [4.78, 5) is 13.2. The molecule has 0 radical (unpaired) electrons. The summed E-state index contributed by atoms with van der Waals surface area (Å²) in [5.41, 5.74) is 5.34. The number of likely N-dealkylation sites (tertiary alicyclic amines) is 1. The van der Waals surface area contributed by atoms with Crippen molar-refractivity contribution >= 4 is 5.91 Å². The highest BCUT2D eigenvalue weighted by Gasteiger charge is 2.49. The molecule has 1 saturated heterocycles. The molecule has 1 amide bonds. The molecule has 80 valence electrons. The van der Waals surface area contributed by atoms with Crippen molar-refractivity contribution in [3.05, 3.63) is 0 Å². The number of nitrogens with two attached hydrogens (primary N) is 1. The highest BCUT2D eigenvalue weighted by molar-refractivity contribution is 5.78. The minimum atomic E-state index is 0.00479. The molecule has 3 N–H and O–H groups in total. The lowest BCUT2D eigenvalue weighted by Gasteiger charge is -2.25. The summed E-state index contributed by atoms with van der Waals surface area (Å²) in [5, 5.41) is 9.43. The van der Waals surface area contributed by atoms with Gasteiger partial charge in [0.2, 0.25) is 5.91 Å². The standard InChI is InChI=1S/C10H18N2O2/c11-4-9(14)12-5-8-2-1-3-10(8,6-12)7-13/h8,13H,1-7,11H2/t8-,10-/m1/s1. The normalized spacial score (nSPS) is 36.1. The first kappa shape index (κ1) is 9.93. The van der Waals surface area contributed by atoms with Gasteiger partial charge in [-0.15, -0.1) is 0 Å². The summed E-state index contributed by atoms with van der Waals surface area (Å²) in [6.45, 7) is 1.82. The van der Waals surface area contributed by atoms with Gasteiger partial charge in [0, 0.05) is 18.5 Å². The Hall–Kier alpha value is -0.610. The van der Waals surface area contributed by atoms with E-state index < -0.39 is 0 Å². The van der Waals surface area contributed by atoms with Gasteiger partial charge < -0.3 is 15.7 Å². The van der Waals surface area contributed by atoms with Gasteiger partial charge in [0.25, 0.3) is 0 Å². The van der Waals surface area contributed by atoms with Crippen LogP contribution >= 0.6 is 0 Å². The van der Waals surface area contributed by atoms with Crippen LogP contribution < -0.4 is 5.73 Å². The zero-order valence-corrected chi connectivity index (χ0v) is 8.41. The predicted octanol–water partition coefficient (Wildman–Crippen LogP) is -0.434. The number of nitrogens with zero attached hydrogens (tertiary/aromatic N) is 1. The predicted molar refractivity (Wildman–Crippen MR) is 52.5 cm³/mol. The van der Waals surface area contributed by atoms with Gasteiger partial charge in [-0.2, -0.15) is 0 Å². The second-order valence-electron chi connectivity index (χ2n) is 4.59. The highest BCUT2D eigenvalue weighted by Crippen LogP contribution is 2.48. The van der Waals surface area contributed by atoms with Gasteiger partial charge in [0.15, 0.2) is 0 Å². The van der Waals surface area contributed by atoms with Gasteiger partial charge >= 0.3 is 0 Å². The Kier molecular flexibility index (Phi) is 2.49. The largest absolute Gasteiger partial charge is 0.396 e. The van der Waals surface area contributed by atoms with Crippen molar-refractivity contribution in [3.8, 4) is 0 Å². The molecule has 1 aliphatic carbocycles. The van der Waals surface area contributed by atoms with Crippen molar-refractivity contribution in [1.29, 1.82) is 0 Å². The number of hydrogen-bond donors (Lipinski definition) is 2. The lowest BCUT2D eigenvalue weighted by Crippen LogP contribution is -2.37. The van der Waals surface area contributed by atoms with E-state index in [1.807, 2.05) is 4.90 Å². The third-order valence-corrected chi connectivity index (χ3v) is 3.88. The number of hydrogen-bond acceptors (Lipinski definition) is 3. The first-order chi connectivity index (χ1) is 6.72. The van der Waals surface area contributed by atoms with Crippen molar-refractivity contribution in [1.82, 2.24) is 4.90 Å². The molecule has 1 aliphatic heterocycles. The summed E-state index contributed by atoms with van der Waals surface area (Å²) >= 11 is 0. The Morgan fingerprint density at radius 2 is 2.43 bits per heavy atom. The van der Waals surface area contributed by atoms with Gasteiger partial charge in [-0.3, -0.25) is 4.79 Å². The number of rotatable bonds is 2. The average Bonchev–Trinajstić information content (AvgIpc) is 2.72. The van der Waals surface area contributed by atoms with Crippen LogP contribution in [0.2, 0.25) is 0 Å². The monoisotopic (exact) mass is 198 g/mol. The number of carbonyl (C=O) groups excluding carboxylic acids is 1. The van der Waals surface area contributed by atoms with Crippen molar-refractivity contribution in [2.45, 2.75) is 19.3 Å². The third-order valence-electron chi connectivity index (χ3n) is 3.88. The zero-order valence-electron chi connectivity index (χ0n) is 8.41. The SMILES string of the molecule is NCC(=O)N1C[C@H]2CCC[C@]2(CO)C1. The number of fused-ring (bicyclic) bond motifs is 1. The van der Waals surface area contributed by atoms with Gasteiger partial charge in [-0.1, -0.05) is 6.42 Å². The molecule has 14 heavy (non-hydrogen) atoms. The Bertz CT molecular complexity index is 244. The molecule has 2 fully saturated rings. The van der Waals surface area contributed by atoms with E-state index in [9.17, 15) is 9.90 Å². The van der Waals surface area contributed by atoms with Crippen LogP contribution in [0.1, 0.15) is 19.3 Å². The molecule has 0 spiro atoms. The fraction of sp³-hybridized carbons (Fsp3) is 0.900. The molecule has 0 aromatic carbocycles. The van der Waals surface area contributed by atoms with Gasteiger partial charge in [-0.05, 0) is 18.8 Å². The molecular weight excluding hydrogens is 180 g/mol. The van der Waals surface area contributed by atoms with Crippen LogP contribution in [-0.4, -0.2) is 42.2 Å². The molecule has 0 aromatic rings. The smallest absolute Gasteiger partial charge is 0.236 e. The highest BCUT2D eigenvalue weighted by atomic mass is 16.3. The lowest BCUT2D eigenvalue weighted by molar-refractivity contribution is -0.129. The Balaban J connectivity index is 2.08. The molecule has 1 saturated carbocycles. The van der Waals surface area contributed by atoms with E-state index in [4.69, 9.17) is 5.73 Å². The molecular formula is C10H18N2O2. The summed E-state index contributed by atoms with van der Waals surface area (Å²) in [6.07, 6.45) is 3.40. The molecule has 0 bridgehead atoms. The van der Waals surface area contributed by atoms with Gasteiger partial charge in [-0.25, -0.2) is 0 Å². The number of aliphatic hydroxyl groups is 1. The van der Waals surface area contributed by atoms with Crippen LogP contribution in [0.25, 0.3) is 0 Å². The zero-order chi connectivity index (χ0) is 10.2. The molecule has 0 aromatic heterocycles. The quantitative estimate of drug-likeness (QED) is 0.632. The minimum Gasteiger partial charge on any atom is -0.396 e. The Labute approximate surface area is 84.1 Å².